The first-order valence-electron chi connectivity index (χ1n) is 10.2. The number of carbonyl (C=O) groups excluding carboxylic acids is 2. The van der Waals surface area contributed by atoms with Gasteiger partial charge in [-0.15, -0.1) is 0 Å². The van der Waals surface area contributed by atoms with Gasteiger partial charge < -0.3 is 25.6 Å². The highest BCUT2D eigenvalue weighted by atomic mass is 16.5. The summed E-state index contributed by atoms with van der Waals surface area (Å²) in [6.45, 7) is 1.73. The maximum Gasteiger partial charge on any atom is 0.407 e. The molecule has 2 amide bonds. The minimum absolute atomic E-state index is 0.0245. The zero-order chi connectivity index (χ0) is 22.4. The van der Waals surface area contributed by atoms with Crippen molar-refractivity contribution in [2.75, 3.05) is 19.7 Å². The van der Waals surface area contributed by atoms with Crippen molar-refractivity contribution in [2.45, 2.75) is 25.4 Å². The van der Waals surface area contributed by atoms with E-state index in [1.54, 1.807) is 6.92 Å². The van der Waals surface area contributed by atoms with Crippen molar-refractivity contribution in [3.05, 3.63) is 59.7 Å². The molecule has 0 fully saturated rings. The number of amides is 2. The number of alkyl carbamates (subject to hydrolysis) is 1. The fourth-order valence-electron chi connectivity index (χ4n) is 3.63. The van der Waals surface area contributed by atoms with E-state index in [2.05, 4.69) is 22.8 Å². The van der Waals surface area contributed by atoms with Gasteiger partial charge in [-0.25, -0.2) is 9.59 Å². The Morgan fingerprint density at radius 3 is 2.16 bits per heavy atom. The smallest absolute Gasteiger partial charge is 0.407 e. The Morgan fingerprint density at radius 1 is 1.00 bits per heavy atom. The molecule has 8 heteroatoms. The molecule has 0 aromatic heterocycles. The molecule has 0 heterocycles. The highest BCUT2D eigenvalue weighted by Crippen LogP contribution is 2.44. The van der Waals surface area contributed by atoms with Crippen molar-refractivity contribution in [1.29, 1.82) is 0 Å². The van der Waals surface area contributed by atoms with Crippen molar-refractivity contribution < 1.29 is 29.3 Å². The number of hydrogen-bond acceptors (Lipinski definition) is 5. The Balaban J connectivity index is 1.44. The van der Waals surface area contributed by atoms with Crippen LogP contribution in [0, 0.1) is 5.92 Å². The molecule has 164 valence electrons. The molecule has 2 atom stereocenters. The molecule has 0 spiro atoms. The number of hydrogen-bond donors (Lipinski definition) is 4. The Morgan fingerprint density at radius 2 is 1.58 bits per heavy atom. The van der Waals surface area contributed by atoms with Gasteiger partial charge in [0.25, 0.3) is 0 Å². The van der Waals surface area contributed by atoms with E-state index in [1.165, 1.54) is 0 Å². The highest BCUT2D eigenvalue weighted by molar-refractivity contribution is 5.80. The predicted octanol–water partition coefficient (Wildman–Crippen LogP) is 2.11. The maximum atomic E-state index is 12.1. The quantitative estimate of drug-likeness (QED) is 0.487. The number of ether oxygens (including phenoxy) is 1. The van der Waals surface area contributed by atoms with Gasteiger partial charge in [0.05, 0.1) is 6.54 Å². The number of nitrogens with one attached hydrogen (secondary N) is 2. The topological polar surface area (TPSA) is 125 Å². The summed E-state index contributed by atoms with van der Waals surface area (Å²) in [4.78, 5) is 34.6. The Hall–Kier alpha value is -3.39. The monoisotopic (exact) mass is 426 g/mol. The van der Waals surface area contributed by atoms with Crippen LogP contribution in [0.1, 0.15) is 30.4 Å². The van der Waals surface area contributed by atoms with Crippen molar-refractivity contribution in [3.8, 4) is 11.1 Å². The van der Waals surface area contributed by atoms with Gasteiger partial charge in [-0.3, -0.25) is 4.79 Å². The van der Waals surface area contributed by atoms with Crippen LogP contribution in [0.4, 0.5) is 4.79 Å². The van der Waals surface area contributed by atoms with Gasteiger partial charge in [0, 0.05) is 18.4 Å². The molecular weight excluding hydrogens is 400 g/mol. The molecule has 31 heavy (non-hydrogen) atoms. The van der Waals surface area contributed by atoms with Gasteiger partial charge in [0.2, 0.25) is 5.91 Å². The fourth-order valence-corrected chi connectivity index (χ4v) is 3.63. The predicted molar refractivity (Wildman–Crippen MR) is 114 cm³/mol. The van der Waals surface area contributed by atoms with Crippen LogP contribution < -0.4 is 10.6 Å². The van der Waals surface area contributed by atoms with Gasteiger partial charge >= 0.3 is 12.1 Å². The summed E-state index contributed by atoms with van der Waals surface area (Å²) < 4.78 is 5.44. The lowest BCUT2D eigenvalue weighted by Gasteiger charge is -2.16. The summed E-state index contributed by atoms with van der Waals surface area (Å²) in [7, 11) is 0. The normalized spacial score (nSPS) is 14.1. The van der Waals surface area contributed by atoms with Crippen LogP contribution in [0.15, 0.2) is 48.5 Å². The maximum absolute atomic E-state index is 12.1. The summed E-state index contributed by atoms with van der Waals surface area (Å²) in [6.07, 6.45) is -1.86. The first-order chi connectivity index (χ1) is 14.9. The molecule has 0 radical (unpaired) electrons. The second kappa shape index (κ2) is 10.1. The first-order valence-corrected chi connectivity index (χ1v) is 10.2. The Bertz CT molecular complexity index is 915. The molecule has 0 bridgehead atoms. The molecule has 3 rings (SSSR count). The number of carbonyl (C=O) groups is 3. The van der Waals surface area contributed by atoms with Crippen molar-refractivity contribution in [1.82, 2.24) is 10.6 Å². The van der Waals surface area contributed by atoms with E-state index in [9.17, 15) is 19.5 Å². The second-order valence-electron chi connectivity index (χ2n) is 7.54. The minimum Gasteiger partial charge on any atom is -0.479 e. The number of aliphatic carboxylic acids is 1. The zero-order valence-electron chi connectivity index (χ0n) is 17.2. The third kappa shape index (κ3) is 5.40. The summed E-state index contributed by atoms with van der Waals surface area (Å²) in [5.74, 6) is -2.28. The lowest BCUT2D eigenvalue weighted by molar-refractivity contribution is -0.146. The van der Waals surface area contributed by atoms with Crippen LogP contribution in [0.25, 0.3) is 11.1 Å². The minimum atomic E-state index is -1.64. The van der Waals surface area contributed by atoms with Crippen molar-refractivity contribution in [3.63, 3.8) is 0 Å². The molecule has 1 aliphatic carbocycles. The molecule has 2 aromatic carbocycles. The number of fused-ring (bicyclic) bond motifs is 3. The number of aliphatic hydroxyl groups excluding tert-OH is 1. The van der Waals surface area contributed by atoms with Crippen molar-refractivity contribution in [2.24, 2.45) is 5.92 Å². The summed E-state index contributed by atoms with van der Waals surface area (Å²) >= 11 is 0. The molecule has 1 aliphatic rings. The van der Waals surface area contributed by atoms with Gasteiger partial charge in [-0.2, -0.15) is 0 Å². The van der Waals surface area contributed by atoms with E-state index in [0.717, 1.165) is 22.3 Å². The molecule has 0 aliphatic heterocycles. The molecule has 8 nitrogen and oxygen atoms in total. The Labute approximate surface area is 180 Å². The average Bonchev–Trinajstić information content (AvgIpc) is 3.09. The first kappa shape index (κ1) is 22.3. The van der Waals surface area contributed by atoms with Crippen LogP contribution in [0.5, 0.6) is 0 Å². The molecule has 0 saturated heterocycles. The van der Waals surface area contributed by atoms with Gasteiger partial charge in [-0.05, 0) is 28.7 Å². The van der Waals surface area contributed by atoms with E-state index in [1.807, 2.05) is 36.4 Å². The molecule has 1 unspecified atom stereocenters. The number of carboxylic acids is 1. The van der Waals surface area contributed by atoms with Crippen LogP contribution >= 0.6 is 0 Å². The number of rotatable bonds is 9. The van der Waals surface area contributed by atoms with E-state index >= 15 is 0 Å². The van der Waals surface area contributed by atoms with E-state index < -0.39 is 30.0 Å². The molecule has 0 saturated carbocycles. The number of benzene rings is 2. The standard InChI is InChI=1S/C23H26N2O6/c1-14(21(27)25-12-20(26)22(28)29)10-11-24-23(30)31-13-19-17-8-4-2-6-15(17)16-7-3-5-9-18(16)19/h2-9,14,19-20,26H,10-13H2,1H3,(H,24,30)(H,25,27)(H,28,29)/t14?,20-/m0/s1. The fraction of sp³-hybridized carbons (Fsp3) is 0.348. The third-order valence-corrected chi connectivity index (χ3v) is 5.39. The van der Waals surface area contributed by atoms with Crippen LogP contribution in [0.3, 0.4) is 0 Å². The van der Waals surface area contributed by atoms with Gasteiger partial charge in [0.15, 0.2) is 6.10 Å². The zero-order valence-corrected chi connectivity index (χ0v) is 17.2. The van der Waals surface area contributed by atoms with Crippen LogP contribution in [-0.2, 0) is 14.3 Å². The summed E-state index contributed by atoms with van der Waals surface area (Å²) in [5, 5.41) is 22.8. The second-order valence-corrected chi connectivity index (χ2v) is 7.54. The molecule has 4 N–H and O–H groups in total. The van der Waals surface area contributed by atoms with Gasteiger partial charge in [0.1, 0.15) is 6.61 Å². The van der Waals surface area contributed by atoms with Crippen molar-refractivity contribution >= 4 is 18.0 Å². The highest BCUT2D eigenvalue weighted by Gasteiger charge is 2.29. The average molecular weight is 426 g/mol. The largest absolute Gasteiger partial charge is 0.479 e. The third-order valence-electron chi connectivity index (χ3n) is 5.39. The van der Waals surface area contributed by atoms with E-state index in [0.29, 0.717) is 6.42 Å². The lowest BCUT2D eigenvalue weighted by atomic mass is 9.98. The van der Waals surface area contributed by atoms with E-state index in [4.69, 9.17) is 9.84 Å². The van der Waals surface area contributed by atoms with Crippen LogP contribution in [-0.4, -0.2) is 54.0 Å². The SMILES string of the molecule is CC(CCNC(=O)OCC1c2ccccc2-c2ccccc21)C(=O)NC[C@H](O)C(=O)O. The summed E-state index contributed by atoms with van der Waals surface area (Å²) in [5.41, 5.74) is 4.57. The molecule has 2 aromatic rings. The Kier molecular flexibility index (Phi) is 7.25. The summed E-state index contributed by atoms with van der Waals surface area (Å²) in [6, 6.07) is 16.1. The lowest BCUT2D eigenvalue weighted by Crippen LogP contribution is -2.39. The molecular formula is C23H26N2O6. The van der Waals surface area contributed by atoms with Gasteiger partial charge in [-0.1, -0.05) is 55.5 Å². The number of aliphatic hydroxyl groups is 1. The van der Waals surface area contributed by atoms with Crippen LogP contribution in [0.2, 0.25) is 0 Å². The van der Waals surface area contributed by atoms with E-state index in [-0.39, 0.29) is 25.6 Å². The number of carboxylic acid groups (broad SMARTS) is 1.